The number of benzene rings is 1. The van der Waals surface area contributed by atoms with Crippen LogP contribution in [0.5, 0.6) is 0 Å². The second-order valence-electron chi connectivity index (χ2n) is 3.58. The quantitative estimate of drug-likeness (QED) is 0.728. The van der Waals surface area contributed by atoms with E-state index in [9.17, 15) is 21.6 Å². The van der Waals surface area contributed by atoms with Crippen molar-refractivity contribution in [3.8, 4) is 0 Å². The van der Waals surface area contributed by atoms with Gasteiger partial charge in [-0.3, -0.25) is 0 Å². The Morgan fingerprint density at radius 2 is 1.68 bits per heavy atom. The normalized spacial score (nSPS) is 12.7. The average Bonchev–Trinajstić information content (AvgIpc) is 2.11. The van der Waals surface area contributed by atoms with E-state index in [4.69, 9.17) is 5.73 Å². The van der Waals surface area contributed by atoms with Gasteiger partial charge in [-0.25, -0.2) is 13.1 Å². The fourth-order valence-electron chi connectivity index (χ4n) is 1.24. The van der Waals surface area contributed by atoms with Crippen LogP contribution in [0.15, 0.2) is 26.0 Å². The Morgan fingerprint density at radius 1 is 1.21 bits per heavy atom. The molecule has 1 rings (SSSR count). The van der Waals surface area contributed by atoms with Crippen LogP contribution in [0.3, 0.4) is 0 Å². The third kappa shape index (κ3) is 4.93. The van der Waals surface area contributed by atoms with Crippen molar-refractivity contribution >= 4 is 47.6 Å². The Balaban J connectivity index is 2.96. The lowest BCUT2D eigenvalue weighted by Crippen LogP contribution is -2.28. The molecular formula is C9H9Br2F3N2O2S. The van der Waals surface area contributed by atoms with Crippen LogP contribution in [0.25, 0.3) is 0 Å². The summed E-state index contributed by atoms with van der Waals surface area (Å²) in [6, 6.07) is 2.70. The number of hydrogen-bond donors (Lipinski definition) is 2. The second kappa shape index (κ2) is 5.98. The Labute approximate surface area is 124 Å². The monoisotopic (exact) mass is 424 g/mol. The molecule has 3 N–H and O–H groups in total. The molecule has 108 valence electrons. The number of nitrogen functional groups attached to an aromatic ring is 1. The highest BCUT2D eigenvalue weighted by Gasteiger charge is 2.28. The van der Waals surface area contributed by atoms with E-state index >= 15 is 0 Å². The molecule has 1 aromatic carbocycles. The number of nitrogens with one attached hydrogen (secondary N) is 1. The Morgan fingerprint density at radius 3 is 2.11 bits per heavy atom. The standard InChI is InChI=1S/C9H9Br2F3N2O2S/c10-6-3-5(15)4-7(11)8(6)19(17,18)16-2-1-9(12,13)14/h3-4,16H,1-2,15H2. The topological polar surface area (TPSA) is 72.2 Å². The van der Waals surface area contributed by atoms with Crippen molar-refractivity contribution < 1.29 is 21.6 Å². The van der Waals surface area contributed by atoms with E-state index in [-0.39, 0.29) is 13.8 Å². The summed E-state index contributed by atoms with van der Waals surface area (Å²) in [6.45, 7) is -0.727. The highest BCUT2D eigenvalue weighted by Crippen LogP contribution is 2.32. The van der Waals surface area contributed by atoms with E-state index in [1.54, 1.807) is 0 Å². The minimum atomic E-state index is -4.42. The number of alkyl halides is 3. The zero-order valence-corrected chi connectivity index (χ0v) is 13.2. The first-order valence-electron chi connectivity index (χ1n) is 4.84. The zero-order valence-electron chi connectivity index (χ0n) is 9.26. The van der Waals surface area contributed by atoms with Gasteiger partial charge >= 0.3 is 6.18 Å². The first kappa shape index (κ1) is 16.7. The maximum absolute atomic E-state index is 12.0. The minimum Gasteiger partial charge on any atom is -0.399 e. The van der Waals surface area contributed by atoms with Crippen LogP contribution < -0.4 is 10.5 Å². The molecule has 0 aliphatic carbocycles. The third-order valence-electron chi connectivity index (χ3n) is 1.99. The van der Waals surface area contributed by atoms with E-state index in [2.05, 4.69) is 31.9 Å². The molecule has 0 saturated carbocycles. The van der Waals surface area contributed by atoms with Gasteiger partial charge in [-0.1, -0.05) is 0 Å². The predicted octanol–water partition coefficient (Wildman–Crippen LogP) is 3.02. The number of hydrogen-bond acceptors (Lipinski definition) is 3. The largest absolute Gasteiger partial charge is 0.399 e. The molecule has 0 atom stereocenters. The maximum Gasteiger partial charge on any atom is 0.390 e. The van der Waals surface area contributed by atoms with Gasteiger partial charge in [0.1, 0.15) is 4.90 Å². The zero-order chi connectivity index (χ0) is 14.8. The number of sulfonamides is 1. The van der Waals surface area contributed by atoms with Gasteiger partial charge in [0.25, 0.3) is 0 Å². The summed E-state index contributed by atoms with van der Waals surface area (Å²) in [5.41, 5.74) is 5.82. The van der Waals surface area contributed by atoms with Crippen LogP contribution in [-0.2, 0) is 10.0 Å². The molecule has 4 nitrogen and oxygen atoms in total. The molecule has 0 saturated heterocycles. The van der Waals surface area contributed by atoms with E-state index in [0.29, 0.717) is 5.69 Å². The van der Waals surface area contributed by atoms with Crippen molar-refractivity contribution in [2.75, 3.05) is 12.3 Å². The molecule has 0 fully saturated rings. The summed E-state index contributed by atoms with van der Waals surface area (Å²) >= 11 is 6.03. The van der Waals surface area contributed by atoms with Crippen molar-refractivity contribution in [1.29, 1.82) is 0 Å². The van der Waals surface area contributed by atoms with Gasteiger partial charge in [-0.2, -0.15) is 13.2 Å². The van der Waals surface area contributed by atoms with Crippen molar-refractivity contribution in [2.45, 2.75) is 17.5 Å². The van der Waals surface area contributed by atoms with E-state index < -0.39 is 29.2 Å². The summed E-state index contributed by atoms with van der Waals surface area (Å²) in [4.78, 5) is -0.191. The van der Waals surface area contributed by atoms with Crippen LogP contribution in [0.1, 0.15) is 6.42 Å². The van der Waals surface area contributed by atoms with Gasteiger partial charge in [0.05, 0.1) is 6.42 Å². The van der Waals surface area contributed by atoms with Crippen LogP contribution in [0, 0.1) is 0 Å². The number of nitrogens with two attached hydrogens (primary N) is 1. The first-order valence-corrected chi connectivity index (χ1v) is 7.91. The van der Waals surface area contributed by atoms with Gasteiger partial charge in [0.2, 0.25) is 10.0 Å². The summed E-state index contributed by atoms with van der Waals surface area (Å²) in [5.74, 6) is 0. The average molecular weight is 426 g/mol. The number of anilines is 1. The molecule has 0 unspecified atom stereocenters. The van der Waals surface area contributed by atoms with Crippen LogP contribution in [0.2, 0.25) is 0 Å². The Bertz CT molecular complexity index is 552. The van der Waals surface area contributed by atoms with Crippen molar-refractivity contribution in [2.24, 2.45) is 0 Å². The van der Waals surface area contributed by atoms with Crippen LogP contribution >= 0.6 is 31.9 Å². The summed E-state index contributed by atoms with van der Waals surface area (Å²) in [5, 5.41) is 0. The fraction of sp³-hybridized carbons (Fsp3) is 0.333. The Kier molecular flexibility index (Phi) is 5.27. The number of halogens is 5. The lowest BCUT2D eigenvalue weighted by molar-refractivity contribution is -0.132. The molecule has 0 aromatic heterocycles. The maximum atomic E-state index is 12.0. The van der Waals surface area contributed by atoms with Gasteiger partial charge < -0.3 is 5.73 Å². The van der Waals surface area contributed by atoms with Crippen molar-refractivity contribution in [1.82, 2.24) is 4.72 Å². The molecule has 0 heterocycles. The lowest BCUT2D eigenvalue weighted by Gasteiger charge is -2.12. The van der Waals surface area contributed by atoms with E-state index in [0.717, 1.165) is 0 Å². The minimum absolute atomic E-state index is 0.166. The van der Waals surface area contributed by atoms with Crippen molar-refractivity contribution in [3.63, 3.8) is 0 Å². The molecule has 0 bridgehead atoms. The second-order valence-corrected chi connectivity index (χ2v) is 6.99. The van der Waals surface area contributed by atoms with Gasteiger partial charge in [0.15, 0.2) is 0 Å². The fourth-order valence-corrected chi connectivity index (χ4v) is 4.88. The van der Waals surface area contributed by atoms with E-state index in [1.807, 2.05) is 4.72 Å². The molecule has 10 heteroatoms. The first-order chi connectivity index (χ1) is 8.53. The SMILES string of the molecule is Nc1cc(Br)c(S(=O)(=O)NCCC(F)(F)F)c(Br)c1. The van der Waals surface area contributed by atoms with Crippen LogP contribution in [-0.4, -0.2) is 21.1 Å². The summed E-state index contributed by atoms with van der Waals surface area (Å²) in [6.07, 6.45) is -5.66. The highest BCUT2D eigenvalue weighted by atomic mass is 79.9. The van der Waals surface area contributed by atoms with Crippen molar-refractivity contribution in [3.05, 3.63) is 21.1 Å². The van der Waals surface area contributed by atoms with Gasteiger partial charge in [-0.15, -0.1) is 0 Å². The molecule has 19 heavy (non-hydrogen) atoms. The highest BCUT2D eigenvalue weighted by molar-refractivity contribution is 9.11. The van der Waals surface area contributed by atoms with E-state index in [1.165, 1.54) is 12.1 Å². The lowest BCUT2D eigenvalue weighted by atomic mass is 10.3. The molecule has 0 aliphatic rings. The smallest absolute Gasteiger partial charge is 0.390 e. The molecule has 0 radical (unpaired) electrons. The Hall–Kier alpha value is -0.320. The molecular weight excluding hydrogens is 417 g/mol. The molecule has 0 amide bonds. The molecule has 0 aliphatic heterocycles. The van der Waals surface area contributed by atoms with Gasteiger partial charge in [-0.05, 0) is 44.0 Å². The summed E-state index contributed by atoms with van der Waals surface area (Å²) < 4.78 is 61.9. The van der Waals surface area contributed by atoms with Crippen LogP contribution in [0.4, 0.5) is 18.9 Å². The third-order valence-corrected chi connectivity index (χ3v) is 5.33. The number of rotatable bonds is 4. The molecule has 1 aromatic rings. The predicted molar refractivity (Wildman–Crippen MR) is 72.1 cm³/mol. The van der Waals surface area contributed by atoms with Gasteiger partial charge in [0, 0.05) is 21.2 Å². The summed E-state index contributed by atoms with van der Waals surface area (Å²) in [7, 11) is -4.06. The molecule has 0 spiro atoms.